The number of aromatic nitrogens is 1. The van der Waals surface area contributed by atoms with Gasteiger partial charge in [-0.3, -0.25) is 4.79 Å². The molecule has 2 aromatic carbocycles. The number of anilines is 3. The van der Waals surface area contributed by atoms with Crippen molar-refractivity contribution >= 4 is 35.0 Å². The molecule has 0 unspecified atom stereocenters. The number of amides is 5. The summed E-state index contributed by atoms with van der Waals surface area (Å²) in [6, 6.07) is 7.14. The lowest BCUT2D eigenvalue weighted by molar-refractivity contribution is -0.137. The summed E-state index contributed by atoms with van der Waals surface area (Å²) in [5.74, 6) is 0.294. The molecule has 4 rings (SSSR count). The number of carbonyl (C=O) groups excluding carboxylic acids is 3. The van der Waals surface area contributed by atoms with Crippen LogP contribution in [0.25, 0.3) is 0 Å². The summed E-state index contributed by atoms with van der Waals surface area (Å²) in [6.45, 7) is 7.14. The van der Waals surface area contributed by atoms with E-state index in [1.165, 1.54) is 4.90 Å². The molecule has 1 aromatic heterocycles. The van der Waals surface area contributed by atoms with E-state index >= 15 is 0 Å². The van der Waals surface area contributed by atoms with Crippen molar-refractivity contribution in [1.82, 2.24) is 15.0 Å². The maximum Gasteiger partial charge on any atom is 0.416 e. The van der Waals surface area contributed by atoms with Crippen molar-refractivity contribution < 1.29 is 41.9 Å². The number of aliphatic hydroxyl groups is 1. The van der Waals surface area contributed by atoms with Crippen molar-refractivity contribution in [3.05, 3.63) is 65.0 Å². The highest BCUT2D eigenvalue weighted by molar-refractivity contribution is 6.00. The second kappa shape index (κ2) is 14.1. The summed E-state index contributed by atoms with van der Waals surface area (Å²) < 4.78 is 50.2. The largest absolute Gasteiger partial charge is 0.488 e. The summed E-state index contributed by atoms with van der Waals surface area (Å²) >= 11 is 0. The molecule has 46 heavy (non-hydrogen) atoms. The zero-order valence-electron chi connectivity index (χ0n) is 26.1. The molecule has 0 saturated heterocycles. The number of likely N-dealkylation sites (N-methyl/N-ethyl adjacent to an activating group) is 1. The second-order valence-electron chi connectivity index (χ2n) is 11.4. The third kappa shape index (κ3) is 8.27. The van der Waals surface area contributed by atoms with Gasteiger partial charge in [0.1, 0.15) is 23.2 Å². The lowest BCUT2D eigenvalue weighted by Crippen LogP contribution is -2.48. The first-order valence-corrected chi connectivity index (χ1v) is 14.6. The van der Waals surface area contributed by atoms with Crippen molar-refractivity contribution in [2.45, 2.75) is 52.4 Å². The third-order valence-electron chi connectivity index (χ3n) is 7.71. The lowest BCUT2D eigenvalue weighted by Gasteiger charge is -2.34. The number of fused-ring (bicyclic) bond motifs is 1. The fraction of sp³-hybridized carbons (Fsp3) is 0.419. The van der Waals surface area contributed by atoms with Crippen molar-refractivity contribution in [2.24, 2.45) is 5.92 Å². The Morgan fingerprint density at radius 3 is 2.37 bits per heavy atom. The normalized spacial score (nSPS) is 17.5. The molecule has 4 N–H and O–H groups in total. The number of aliphatic hydroxyl groups excluding tert-OH is 1. The Morgan fingerprint density at radius 2 is 1.76 bits per heavy atom. The number of aryl methyl sites for hydroxylation is 2. The minimum absolute atomic E-state index is 0.0997. The van der Waals surface area contributed by atoms with Crippen molar-refractivity contribution in [2.75, 3.05) is 42.7 Å². The predicted molar refractivity (Wildman–Crippen MR) is 164 cm³/mol. The van der Waals surface area contributed by atoms with Gasteiger partial charge in [-0.05, 0) is 63.2 Å². The van der Waals surface area contributed by atoms with E-state index in [0.29, 0.717) is 34.1 Å². The number of hydrogen-bond donors (Lipinski definition) is 4. The highest BCUT2D eigenvalue weighted by Crippen LogP contribution is 2.31. The van der Waals surface area contributed by atoms with E-state index in [0.717, 1.165) is 24.3 Å². The lowest BCUT2D eigenvalue weighted by atomic mass is 10.0. The van der Waals surface area contributed by atoms with Crippen LogP contribution < -0.4 is 20.7 Å². The van der Waals surface area contributed by atoms with E-state index in [1.54, 1.807) is 50.9 Å². The molecule has 15 heteroatoms. The molecule has 2 heterocycles. The van der Waals surface area contributed by atoms with Gasteiger partial charge in [-0.1, -0.05) is 12.1 Å². The zero-order valence-corrected chi connectivity index (χ0v) is 26.1. The Balaban J connectivity index is 1.54. The third-order valence-corrected chi connectivity index (χ3v) is 7.71. The number of nitrogens with one attached hydrogen (secondary N) is 3. The van der Waals surface area contributed by atoms with Gasteiger partial charge in [-0.15, -0.1) is 0 Å². The van der Waals surface area contributed by atoms with Crippen molar-refractivity contribution in [3.8, 4) is 5.75 Å². The van der Waals surface area contributed by atoms with Gasteiger partial charge in [0, 0.05) is 36.4 Å². The van der Waals surface area contributed by atoms with Gasteiger partial charge < -0.3 is 40.1 Å². The molecule has 0 fully saturated rings. The number of nitrogens with zero attached hydrogens (tertiary/aromatic N) is 3. The summed E-state index contributed by atoms with van der Waals surface area (Å²) in [5, 5.41) is 21.6. The topological polar surface area (TPSA) is 149 Å². The molecule has 12 nitrogen and oxygen atoms in total. The van der Waals surface area contributed by atoms with Gasteiger partial charge in [0.05, 0.1) is 31.2 Å². The first-order chi connectivity index (χ1) is 21.7. The smallest absolute Gasteiger partial charge is 0.416 e. The van der Waals surface area contributed by atoms with E-state index in [1.807, 2.05) is 6.92 Å². The average molecular weight is 647 g/mol. The molecule has 1 aliphatic rings. The van der Waals surface area contributed by atoms with Gasteiger partial charge in [-0.25, -0.2) is 9.59 Å². The SMILES string of the molecule is Cc1noc(C)c1NC(=O)N(C)C[C@@H]1Oc2ccc(NC(=O)Nc3ccc(C(F)(F)F)cc3)cc2CC(=O)N([C@@H](C)CO)C[C@H]1C. The molecular weight excluding hydrogens is 609 g/mol. The van der Waals surface area contributed by atoms with Crippen LogP contribution in [0.15, 0.2) is 47.0 Å². The van der Waals surface area contributed by atoms with Gasteiger partial charge in [-0.2, -0.15) is 13.2 Å². The van der Waals surface area contributed by atoms with E-state index < -0.39 is 35.9 Å². The number of alkyl halides is 3. The van der Waals surface area contributed by atoms with Crippen LogP contribution in [0.3, 0.4) is 0 Å². The fourth-order valence-corrected chi connectivity index (χ4v) is 4.98. The molecular formula is C31H37F3N6O6. The number of hydrogen-bond acceptors (Lipinski definition) is 7. The summed E-state index contributed by atoms with van der Waals surface area (Å²) in [4.78, 5) is 42.2. The van der Waals surface area contributed by atoms with Crippen LogP contribution in [0.5, 0.6) is 5.75 Å². The van der Waals surface area contributed by atoms with Crippen LogP contribution in [0.1, 0.15) is 36.4 Å². The molecule has 5 amide bonds. The summed E-state index contributed by atoms with van der Waals surface area (Å²) in [7, 11) is 1.61. The van der Waals surface area contributed by atoms with Gasteiger partial charge >= 0.3 is 18.2 Å². The molecule has 1 aliphatic heterocycles. The number of halogens is 3. The Hall–Kier alpha value is -4.79. The van der Waals surface area contributed by atoms with Crippen LogP contribution in [0.2, 0.25) is 0 Å². The number of ether oxygens (including phenoxy) is 1. The fourth-order valence-electron chi connectivity index (χ4n) is 4.98. The first kappa shape index (κ1) is 34.1. The van der Waals surface area contributed by atoms with Crippen LogP contribution in [-0.2, 0) is 17.4 Å². The molecule has 248 valence electrons. The number of rotatable bonds is 7. The summed E-state index contributed by atoms with van der Waals surface area (Å²) in [6.07, 6.45) is -5.18. The quantitative estimate of drug-likeness (QED) is 0.273. The number of urea groups is 2. The minimum Gasteiger partial charge on any atom is -0.488 e. The monoisotopic (exact) mass is 646 g/mol. The van der Waals surface area contributed by atoms with E-state index in [2.05, 4.69) is 21.1 Å². The summed E-state index contributed by atoms with van der Waals surface area (Å²) in [5.41, 5.74) is 1.08. The average Bonchev–Trinajstić information content (AvgIpc) is 3.33. The van der Waals surface area contributed by atoms with Crippen molar-refractivity contribution in [1.29, 1.82) is 0 Å². The van der Waals surface area contributed by atoms with Gasteiger partial charge in [0.25, 0.3) is 0 Å². The number of benzene rings is 2. The molecule has 0 bridgehead atoms. The number of carbonyl (C=O) groups is 3. The van der Waals surface area contributed by atoms with Crippen LogP contribution in [0.4, 0.5) is 39.8 Å². The molecule has 3 atom stereocenters. The standard InChI is InChI=1S/C31H37F3N6O6/c1-17-14-40(18(2)16-41)27(42)13-21-12-24(36-29(43)35-23-8-6-22(7-9-23)31(32,33)34)10-11-25(21)45-26(17)15-39(5)30(44)37-28-19(3)38-46-20(28)4/h6-12,17-18,26,41H,13-16H2,1-5H3,(H,37,44)(H2,35,36,43)/t17-,18+,26+/m1/s1. The van der Waals surface area contributed by atoms with Gasteiger partial charge in [0.15, 0.2) is 5.76 Å². The zero-order chi connectivity index (χ0) is 33.8. The highest BCUT2D eigenvalue weighted by Gasteiger charge is 2.32. The van der Waals surface area contributed by atoms with Gasteiger partial charge in [0.2, 0.25) is 5.91 Å². The van der Waals surface area contributed by atoms with E-state index in [-0.39, 0.29) is 43.6 Å². The maximum atomic E-state index is 13.5. The predicted octanol–water partition coefficient (Wildman–Crippen LogP) is 5.27. The Bertz CT molecular complexity index is 1540. The molecule has 0 saturated carbocycles. The molecule has 0 spiro atoms. The van der Waals surface area contributed by atoms with Crippen LogP contribution in [0, 0.1) is 19.8 Å². The van der Waals surface area contributed by atoms with Crippen molar-refractivity contribution in [3.63, 3.8) is 0 Å². The van der Waals surface area contributed by atoms with Crippen LogP contribution >= 0.6 is 0 Å². The first-order valence-electron chi connectivity index (χ1n) is 14.6. The Kier molecular flexibility index (Phi) is 10.5. The van der Waals surface area contributed by atoms with E-state index in [9.17, 15) is 32.7 Å². The maximum absolute atomic E-state index is 13.5. The van der Waals surface area contributed by atoms with E-state index in [4.69, 9.17) is 9.26 Å². The molecule has 0 aliphatic carbocycles. The Morgan fingerprint density at radius 1 is 1.11 bits per heavy atom. The second-order valence-corrected chi connectivity index (χ2v) is 11.4. The molecule has 0 radical (unpaired) electrons. The highest BCUT2D eigenvalue weighted by atomic mass is 19.4. The molecule has 3 aromatic rings. The van der Waals surface area contributed by atoms with Crippen LogP contribution in [-0.4, -0.2) is 76.9 Å². The Labute approximate surface area is 263 Å². The minimum atomic E-state index is -4.50.